The van der Waals surface area contributed by atoms with E-state index in [4.69, 9.17) is 16.3 Å². The highest BCUT2D eigenvalue weighted by Gasteiger charge is 2.35. The Morgan fingerprint density at radius 1 is 1.00 bits per heavy atom. The lowest BCUT2D eigenvalue weighted by Crippen LogP contribution is -2.47. The van der Waals surface area contributed by atoms with Crippen molar-refractivity contribution in [3.05, 3.63) is 29.3 Å². The van der Waals surface area contributed by atoms with E-state index in [0.29, 0.717) is 63.5 Å². The summed E-state index contributed by atoms with van der Waals surface area (Å²) < 4.78 is 32.1. The molecule has 2 aliphatic heterocycles. The summed E-state index contributed by atoms with van der Waals surface area (Å²) in [5.74, 6) is -0.424. The second-order valence-electron chi connectivity index (χ2n) is 7.48. The van der Waals surface area contributed by atoms with E-state index >= 15 is 0 Å². The summed E-state index contributed by atoms with van der Waals surface area (Å²) in [5, 5.41) is 0.486. The lowest BCUT2D eigenvalue weighted by Gasteiger charge is -2.36. The molecule has 0 atom stereocenters. The summed E-state index contributed by atoms with van der Waals surface area (Å²) >= 11 is 5.84. The molecule has 29 heavy (non-hydrogen) atoms. The van der Waals surface area contributed by atoms with Crippen molar-refractivity contribution in [2.75, 3.05) is 32.8 Å². The molecule has 0 saturated carbocycles. The summed E-state index contributed by atoms with van der Waals surface area (Å²) in [4.78, 5) is 26.7. The van der Waals surface area contributed by atoms with Crippen LogP contribution in [-0.2, 0) is 24.3 Å². The van der Waals surface area contributed by atoms with E-state index < -0.39 is 10.0 Å². The van der Waals surface area contributed by atoms with Crippen LogP contribution in [0.2, 0.25) is 5.02 Å². The van der Waals surface area contributed by atoms with Crippen molar-refractivity contribution in [1.82, 2.24) is 9.21 Å². The number of nitrogens with zero attached hydrogens (tertiary/aromatic N) is 2. The number of hydrogen-bond acceptors (Lipinski definition) is 5. The van der Waals surface area contributed by atoms with Crippen molar-refractivity contribution in [3.63, 3.8) is 0 Å². The maximum Gasteiger partial charge on any atom is 0.309 e. The van der Waals surface area contributed by atoms with Gasteiger partial charge in [0, 0.05) is 37.1 Å². The van der Waals surface area contributed by atoms with Gasteiger partial charge in [-0.15, -0.1) is 0 Å². The van der Waals surface area contributed by atoms with Gasteiger partial charge in [-0.1, -0.05) is 11.6 Å². The second-order valence-corrected chi connectivity index (χ2v) is 9.86. The predicted octanol–water partition coefficient (Wildman–Crippen LogP) is 2.54. The molecule has 0 N–H and O–H groups in total. The first kappa shape index (κ1) is 22.1. The van der Waals surface area contributed by atoms with Gasteiger partial charge in [0.05, 0.1) is 17.4 Å². The van der Waals surface area contributed by atoms with Crippen LogP contribution >= 0.6 is 11.6 Å². The van der Waals surface area contributed by atoms with Gasteiger partial charge in [0.15, 0.2) is 0 Å². The number of ether oxygens (including phenoxy) is 1. The highest BCUT2D eigenvalue weighted by atomic mass is 35.5. The standard InChI is InChI=1S/C20H27ClN2O5S/c1-2-28-20(25)16-7-11-22(12-8-16)19(24)15-9-13-23(14-10-15)29(26,27)18-5-3-17(21)4-6-18/h3-6,15-16H,2,7-14H2,1H3. The zero-order valence-corrected chi connectivity index (χ0v) is 18.1. The lowest BCUT2D eigenvalue weighted by atomic mass is 9.92. The minimum absolute atomic E-state index is 0.0656. The molecule has 1 amide bonds. The van der Waals surface area contributed by atoms with Crippen molar-refractivity contribution >= 4 is 33.5 Å². The quantitative estimate of drug-likeness (QED) is 0.654. The number of sulfonamides is 1. The lowest BCUT2D eigenvalue weighted by molar-refractivity contribution is -0.152. The van der Waals surface area contributed by atoms with Crippen molar-refractivity contribution in [2.45, 2.75) is 37.5 Å². The van der Waals surface area contributed by atoms with Crippen LogP contribution in [0.15, 0.2) is 29.2 Å². The Kier molecular flexibility index (Phi) is 7.19. The van der Waals surface area contributed by atoms with Gasteiger partial charge in [-0.25, -0.2) is 8.42 Å². The Labute approximate surface area is 177 Å². The van der Waals surface area contributed by atoms with E-state index in [2.05, 4.69) is 0 Å². The Hall–Kier alpha value is -1.64. The Morgan fingerprint density at radius 2 is 1.55 bits per heavy atom. The number of hydrogen-bond donors (Lipinski definition) is 0. The molecule has 0 bridgehead atoms. The molecule has 0 spiro atoms. The fourth-order valence-electron chi connectivity index (χ4n) is 3.95. The molecule has 2 heterocycles. The van der Waals surface area contributed by atoms with Crippen molar-refractivity contribution < 1.29 is 22.7 Å². The molecule has 0 radical (unpaired) electrons. The topological polar surface area (TPSA) is 84.0 Å². The number of likely N-dealkylation sites (tertiary alicyclic amines) is 1. The van der Waals surface area contributed by atoms with Crippen molar-refractivity contribution in [2.24, 2.45) is 11.8 Å². The highest BCUT2D eigenvalue weighted by Crippen LogP contribution is 2.27. The average Bonchev–Trinajstić information content (AvgIpc) is 2.74. The number of piperidine rings is 2. The number of carbonyl (C=O) groups excluding carboxylic acids is 2. The van der Waals surface area contributed by atoms with Gasteiger partial charge in [-0.05, 0) is 56.9 Å². The van der Waals surface area contributed by atoms with E-state index in [1.165, 1.54) is 16.4 Å². The van der Waals surface area contributed by atoms with Crippen LogP contribution in [0.25, 0.3) is 0 Å². The van der Waals surface area contributed by atoms with Gasteiger partial charge >= 0.3 is 5.97 Å². The van der Waals surface area contributed by atoms with Crippen LogP contribution in [0, 0.1) is 11.8 Å². The third kappa shape index (κ3) is 5.10. The smallest absolute Gasteiger partial charge is 0.309 e. The third-order valence-corrected chi connectivity index (χ3v) is 7.85. The van der Waals surface area contributed by atoms with E-state index in [1.807, 2.05) is 4.90 Å². The minimum Gasteiger partial charge on any atom is -0.466 e. The molecule has 0 aliphatic carbocycles. The van der Waals surface area contributed by atoms with Crippen molar-refractivity contribution in [1.29, 1.82) is 0 Å². The fourth-order valence-corrected chi connectivity index (χ4v) is 5.55. The molecule has 3 rings (SSSR count). The molecule has 2 aliphatic rings. The zero-order chi connectivity index (χ0) is 21.0. The van der Waals surface area contributed by atoms with Gasteiger partial charge in [-0.3, -0.25) is 9.59 Å². The maximum absolute atomic E-state index is 12.8. The molecular formula is C20H27ClN2O5S. The molecule has 1 aromatic carbocycles. The van der Waals surface area contributed by atoms with Crippen LogP contribution in [0.1, 0.15) is 32.6 Å². The van der Waals surface area contributed by atoms with Gasteiger partial charge in [0.2, 0.25) is 15.9 Å². The molecule has 2 fully saturated rings. The van der Waals surface area contributed by atoms with E-state index in [0.717, 1.165) is 0 Å². The first-order valence-electron chi connectivity index (χ1n) is 10.0. The van der Waals surface area contributed by atoms with Gasteiger partial charge in [-0.2, -0.15) is 4.31 Å². The molecule has 0 aromatic heterocycles. The number of amides is 1. The molecular weight excluding hydrogens is 416 g/mol. The van der Waals surface area contributed by atoms with Crippen LogP contribution in [0.4, 0.5) is 0 Å². The summed E-state index contributed by atoms with van der Waals surface area (Å²) in [6, 6.07) is 6.13. The molecule has 7 nitrogen and oxygen atoms in total. The molecule has 1 aromatic rings. The first-order chi connectivity index (χ1) is 13.8. The van der Waals surface area contributed by atoms with Crippen LogP contribution in [0.5, 0.6) is 0 Å². The van der Waals surface area contributed by atoms with E-state index in [1.54, 1.807) is 19.1 Å². The average molecular weight is 443 g/mol. The normalized spacial score (nSPS) is 19.9. The molecule has 2 saturated heterocycles. The monoisotopic (exact) mass is 442 g/mol. The largest absolute Gasteiger partial charge is 0.466 e. The molecule has 0 unspecified atom stereocenters. The summed E-state index contributed by atoms with van der Waals surface area (Å²) in [7, 11) is -3.58. The Bertz CT molecular complexity index is 827. The summed E-state index contributed by atoms with van der Waals surface area (Å²) in [6.07, 6.45) is 2.25. The van der Waals surface area contributed by atoms with E-state index in [9.17, 15) is 18.0 Å². The molecule has 160 valence electrons. The van der Waals surface area contributed by atoms with Crippen LogP contribution in [-0.4, -0.2) is 62.3 Å². The number of halogens is 1. The van der Waals surface area contributed by atoms with Gasteiger partial charge < -0.3 is 9.64 Å². The number of esters is 1. The Morgan fingerprint density at radius 3 is 2.10 bits per heavy atom. The highest BCUT2D eigenvalue weighted by molar-refractivity contribution is 7.89. The summed E-state index contributed by atoms with van der Waals surface area (Å²) in [5.41, 5.74) is 0. The fraction of sp³-hybridized carbons (Fsp3) is 0.600. The van der Waals surface area contributed by atoms with Gasteiger partial charge in [0.1, 0.15) is 0 Å². The number of benzene rings is 1. The van der Waals surface area contributed by atoms with E-state index in [-0.39, 0.29) is 28.6 Å². The Balaban J connectivity index is 1.52. The van der Waals surface area contributed by atoms with Gasteiger partial charge in [0.25, 0.3) is 0 Å². The van der Waals surface area contributed by atoms with Crippen LogP contribution in [0.3, 0.4) is 0 Å². The maximum atomic E-state index is 12.8. The predicted molar refractivity (Wildman–Crippen MR) is 109 cm³/mol. The minimum atomic E-state index is -3.58. The third-order valence-electron chi connectivity index (χ3n) is 5.68. The van der Waals surface area contributed by atoms with Crippen molar-refractivity contribution in [3.8, 4) is 0 Å². The zero-order valence-electron chi connectivity index (χ0n) is 16.5. The summed E-state index contributed by atoms with van der Waals surface area (Å²) in [6.45, 7) is 3.89. The number of rotatable bonds is 5. The first-order valence-corrected chi connectivity index (χ1v) is 11.9. The molecule has 9 heteroatoms. The second kappa shape index (κ2) is 9.45. The SMILES string of the molecule is CCOC(=O)C1CCN(C(=O)C2CCN(S(=O)(=O)c3ccc(Cl)cc3)CC2)CC1. The van der Waals surface area contributed by atoms with Crippen LogP contribution < -0.4 is 0 Å². The number of carbonyl (C=O) groups is 2.